The standard InChI is InChI=1S/C16H26N2O/c1-12(17)5-10-15(19)18-11-13-6-8-14(9-7-13)16(2,3)4/h6-9,12H,5,10-11,17H2,1-4H3,(H,18,19). The molecule has 0 fully saturated rings. The third-order valence-electron chi connectivity index (χ3n) is 3.14. The van der Waals surface area contributed by atoms with Crippen LogP contribution in [0.5, 0.6) is 0 Å². The van der Waals surface area contributed by atoms with E-state index in [4.69, 9.17) is 5.73 Å². The molecular weight excluding hydrogens is 236 g/mol. The van der Waals surface area contributed by atoms with Crippen LogP contribution in [0.3, 0.4) is 0 Å². The molecule has 0 aromatic heterocycles. The van der Waals surface area contributed by atoms with Crippen LogP contribution in [0.25, 0.3) is 0 Å². The Kier molecular flexibility index (Phi) is 5.55. The minimum absolute atomic E-state index is 0.0668. The van der Waals surface area contributed by atoms with Gasteiger partial charge in [-0.3, -0.25) is 4.79 Å². The Balaban J connectivity index is 2.44. The van der Waals surface area contributed by atoms with Crippen molar-refractivity contribution in [2.45, 2.75) is 58.5 Å². The van der Waals surface area contributed by atoms with Gasteiger partial charge in [0.1, 0.15) is 0 Å². The number of benzene rings is 1. The number of carbonyl (C=O) groups excluding carboxylic acids is 1. The van der Waals surface area contributed by atoms with Crippen LogP contribution >= 0.6 is 0 Å². The quantitative estimate of drug-likeness (QED) is 0.857. The molecule has 0 saturated carbocycles. The maximum Gasteiger partial charge on any atom is 0.220 e. The van der Waals surface area contributed by atoms with Crippen LogP contribution in [0.15, 0.2) is 24.3 Å². The molecule has 0 aliphatic carbocycles. The van der Waals surface area contributed by atoms with E-state index in [1.807, 2.05) is 6.92 Å². The summed E-state index contributed by atoms with van der Waals surface area (Å²) in [7, 11) is 0. The number of carbonyl (C=O) groups is 1. The lowest BCUT2D eigenvalue weighted by atomic mass is 9.87. The molecule has 1 aromatic carbocycles. The Morgan fingerprint density at radius 3 is 2.32 bits per heavy atom. The van der Waals surface area contributed by atoms with E-state index < -0.39 is 0 Å². The first kappa shape index (κ1) is 15.7. The average molecular weight is 262 g/mol. The van der Waals surface area contributed by atoms with E-state index in [0.29, 0.717) is 13.0 Å². The molecule has 0 aliphatic heterocycles. The van der Waals surface area contributed by atoms with Gasteiger partial charge in [0.05, 0.1) is 0 Å². The monoisotopic (exact) mass is 262 g/mol. The van der Waals surface area contributed by atoms with Crippen molar-refractivity contribution in [3.8, 4) is 0 Å². The summed E-state index contributed by atoms with van der Waals surface area (Å²) in [5.74, 6) is 0.0668. The molecule has 3 nitrogen and oxygen atoms in total. The largest absolute Gasteiger partial charge is 0.352 e. The molecule has 3 N–H and O–H groups in total. The van der Waals surface area contributed by atoms with Gasteiger partial charge in [-0.25, -0.2) is 0 Å². The number of nitrogens with one attached hydrogen (secondary N) is 1. The van der Waals surface area contributed by atoms with Gasteiger partial charge in [0.2, 0.25) is 5.91 Å². The summed E-state index contributed by atoms with van der Waals surface area (Å²) in [6.07, 6.45) is 1.23. The molecule has 106 valence electrons. The number of rotatable bonds is 5. The number of amides is 1. The third kappa shape index (κ3) is 5.88. The molecule has 3 heteroatoms. The van der Waals surface area contributed by atoms with Crippen molar-refractivity contribution in [1.82, 2.24) is 5.32 Å². The van der Waals surface area contributed by atoms with E-state index in [0.717, 1.165) is 12.0 Å². The maximum atomic E-state index is 11.6. The van der Waals surface area contributed by atoms with E-state index in [9.17, 15) is 4.79 Å². The zero-order chi connectivity index (χ0) is 14.5. The molecule has 1 atom stereocenters. The van der Waals surface area contributed by atoms with Crippen LogP contribution in [0.2, 0.25) is 0 Å². The highest BCUT2D eigenvalue weighted by Gasteiger charge is 2.12. The molecule has 1 amide bonds. The fourth-order valence-electron chi connectivity index (χ4n) is 1.77. The molecule has 0 aliphatic rings. The highest BCUT2D eigenvalue weighted by atomic mass is 16.1. The summed E-state index contributed by atoms with van der Waals surface area (Å²) in [5.41, 5.74) is 8.22. The van der Waals surface area contributed by atoms with Crippen LogP contribution in [0.4, 0.5) is 0 Å². The predicted molar refractivity (Wildman–Crippen MR) is 79.9 cm³/mol. The molecule has 0 radical (unpaired) electrons. The van der Waals surface area contributed by atoms with Crippen molar-refractivity contribution >= 4 is 5.91 Å². The van der Waals surface area contributed by atoms with Crippen molar-refractivity contribution in [1.29, 1.82) is 0 Å². The Morgan fingerprint density at radius 1 is 1.26 bits per heavy atom. The van der Waals surface area contributed by atoms with Crippen LogP contribution in [0, 0.1) is 0 Å². The third-order valence-corrected chi connectivity index (χ3v) is 3.14. The van der Waals surface area contributed by atoms with Crippen molar-refractivity contribution in [2.75, 3.05) is 0 Å². The molecule has 19 heavy (non-hydrogen) atoms. The summed E-state index contributed by atoms with van der Waals surface area (Å²) >= 11 is 0. The van der Waals surface area contributed by atoms with Crippen LogP contribution in [-0.4, -0.2) is 11.9 Å². The molecule has 0 spiro atoms. The second-order valence-corrected chi connectivity index (χ2v) is 6.24. The Morgan fingerprint density at radius 2 is 1.84 bits per heavy atom. The molecule has 0 bridgehead atoms. The van der Waals surface area contributed by atoms with Gasteiger partial charge in [-0.1, -0.05) is 45.0 Å². The molecule has 0 heterocycles. The molecular formula is C16H26N2O. The van der Waals surface area contributed by atoms with E-state index in [2.05, 4.69) is 50.4 Å². The smallest absolute Gasteiger partial charge is 0.220 e. The van der Waals surface area contributed by atoms with Crippen LogP contribution < -0.4 is 11.1 Å². The van der Waals surface area contributed by atoms with E-state index in [-0.39, 0.29) is 17.4 Å². The van der Waals surface area contributed by atoms with Gasteiger partial charge in [0.25, 0.3) is 0 Å². The summed E-state index contributed by atoms with van der Waals surface area (Å²) in [5, 5.41) is 2.92. The Bertz CT molecular complexity index is 402. The van der Waals surface area contributed by atoms with Crippen molar-refractivity contribution in [2.24, 2.45) is 5.73 Å². The first-order chi connectivity index (χ1) is 8.79. The van der Waals surface area contributed by atoms with Gasteiger partial charge >= 0.3 is 0 Å². The van der Waals surface area contributed by atoms with E-state index in [1.165, 1.54) is 5.56 Å². The molecule has 1 aromatic rings. The lowest BCUT2D eigenvalue weighted by molar-refractivity contribution is -0.121. The second-order valence-electron chi connectivity index (χ2n) is 6.24. The summed E-state index contributed by atoms with van der Waals surface area (Å²) in [6.45, 7) is 9.08. The van der Waals surface area contributed by atoms with Crippen molar-refractivity contribution in [3.63, 3.8) is 0 Å². The SMILES string of the molecule is CC(N)CCC(=O)NCc1ccc(C(C)(C)C)cc1. The van der Waals surface area contributed by atoms with Crippen LogP contribution in [0.1, 0.15) is 51.7 Å². The first-order valence-electron chi connectivity index (χ1n) is 6.91. The summed E-state index contributed by atoms with van der Waals surface area (Å²) in [6, 6.07) is 8.49. The Hall–Kier alpha value is -1.35. The van der Waals surface area contributed by atoms with Crippen LogP contribution in [-0.2, 0) is 16.8 Å². The molecule has 1 unspecified atom stereocenters. The minimum atomic E-state index is 0.0668. The number of hydrogen-bond donors (Lipinski definition) is 2. The van der Waals surface area contributed by atoms with Gasteiger partial charge in [-0.15, -0.1) is 0 Å². The van der Waals surface area contributed by atoms with Gasteiger partial charge in [0.15, 0.2) is 0 Å². The average Bonchev–Trinajstić information content (AvgIpc) is 2.33. The zero-order valence-electron chi connectivity index (χ0n) is 12.5. The zero-order valence-corrected chi connectivity index (χ0v) is 12.5. The molecule has 0 saturated heterocycles. The normalized spacial score (nSPS) is 13.1. The minimum Gasteiger partial charge on any atom is -0.352 e. The fourth-order valence-corrected chi connectivity index (χ4v) is 1.77. The predicted octanol–water partition coefficient (Wildman–Crippen LogP) is 2.73. The number of nitrogens with two attached hydrogens (primary N) is 1. The lowest BCUT2D eigenvalue weighted by Crippen LogP contribution is -2.25. The van der Waals surface area contributed by atoms with Crippen molar-refractivity contribution in [3.05, 3.63) is 35.4 Å². The summed E-state index contributed by atoms with van der Waals surface area (Å²) in [4.78, 5) is 11.6. The highest BCUT2D eigenvalue weighted by Crippen LogP contribution is 2.22. The van der Waals surface area contributed by atoms with Gasteiger partial charge in [-0.2, -0.15) is 0 Å². The van der Waals surface area contributed by atoms with Gasteiger partial charge < -0.3 is 11.1 Å². The second kappa shape index (κ2) is 6.71. The molecule has 1 rings (SSSR count). The van der Waals surface area contributed by atoms with Gasteiger partial charge in [-0.05, 0) is 29.9 Å². The van der Waals surface area contributed by atoms with E-state index in [1.54, 1.807) is 0 Å². The first-order valence-corrected chi connectivity index (χ1v) is 6.91. The maximum absolute atomic E-state index is 11.6. The number of hydrogen-bond acceptors (Lipinski definition) is 2. The highest BCUT2D eigenvalue weighted by molar-refractivity contribution is 5.75. The topological polar surface area (TPSA) is 55.1 Å². The van der Waals surface area contributed by atoms with E-state index >= 15 is 0 Å². The summed E-state index contributed by atoms with van der Waals surface area (Å²) < 4.78 is 0. The van der Waals surface area contributed by atoms with Gasteiger partial charge in [0, 0.05) is 19.0 Å². The fraction of sp³-hybridized carbons (Fsp3) is 0.562. The Labute approximate surface area is 116 Å². The van der Waals surface area contributed by atoms with Crippen molar-refractivity contribution < 1.29 is 4.79 Å². The lowest BCUT2D eigenvalue weighted by Gasteiger charge is -2.19.